The van der Waals surface area contributed by atoms with Crippen LogP contribution in [0.25, 0.3) is 0 Å². The van der Waals surface area contributed by atoms with E-state index in [0.29, 0.717) is 22.6 Å². The minimum Gasteiger partial charge on any atom is -0.326 e. The van der Waals surface area contributed by atoms with Crippen LogP contribution in [0.5, 0.6) is 0 Å². The summed E-state index contributed by atoms with van der Waals surface area (Å²) in [6.07, 6.45) is 0.608. The normalized spacial score (nSPS) is 18.9. The third kappa shape index (κ3) is 2.60. The van der Waals surface area contributed by atoms with Gasteiger partial charge in [-0.3, -0.25) is 14.9 Å². The Balaban J connectivity index is 2.47. The lowest BCUT2D eigenvalue weighted by molar-refractivity contribution is -0.134. The van der Waals surface area contributed by atoms with E-state index in [4.69, 9.17) is 17.3 Å². The van der Waals surface area contributed by atoms with Gasteiger partial charge in [-0.05, 0) is 24.1 Å². The van der Waals surface area contributed by atoms with Gasteiger partial charge in [0.25, 0.3) is 0 Å². The molecule has 0 radical (unpaired) electrons. The number of carbonyl (C=O) groups excluding carboxylic acids is 2. The van der Waals surface area contributed by atoms with Crippen molar-refractivity contribution < 1.29 is 9.59 Å². The molecule has 1 unspecified atom stereocenters. The Bertz CT molecular complexity index is 592. The summed E-state index contributed by atoms with van der Waals surface area (Å²) in [6, 6.07) is 5.32. The van der Waals surface area contributed by atoms with E-state index in [1.54, 1.807) is 12.1 Å². The minimum atomic E-state index is -0.563. The fourth-order valence-corrected chi connectivity index (χ4v) is 2.58. The monoisotopic (exact) mass is 277 g/mol. The van der Waals surface area contributed by atoms with E-state index in [1.165, 1.54) is 0 Å². The second-order valence-corrected chi connectivity index (χ2v) is 4.77. The number of piperidine rings is 1. The number of hydrogen-bond donors (Lipinski definition) is 2. The Kier molecular flexibility index (Phi) is 3.84. The lowest BCUT2D eigenvalue weighted by Gasteiger charge is -2.23. The van der Waals surface area contributed by atoms with Gasteiger partial charge in [0.05, 0.1) is 17.6 Å². The Hall–Kier alpha value is -1.90. The van der Waals surface area contributed by atoms with E-state index in [-0.39, 0.29) is 18.9 Å². The van der Waals surface area contributed by atoms with Gasteiger partial charge in [0.15, 0.2) is 0 Å². The quantitative estimate of drug-likeness (QED) is 0.794. The molecule has 1 aromatic rings. The first-order valence-electron chi connectivity index (χ1n) is 5.83. The largest absolute Gasteiger partial charge is 0.326 e. The molecular formula is C13H12ClN3O2. The number of hydrogen-bond acceptors (Lipinski definition) is 4. The van der Waals surface area contributed by atoms with Crippen molar-refractivity contribution in [3.8, 4) is 6.07 Å². The van der Waals surface area contributed by atoms with E-state index in [2.05, 4.69) is 5.32 Å². The molecule has 0 saturated carbocycles. The molecule has 0 aliphatic carbocycles. The Labute approximate surface area is 115 Å². The van der Waals surface area contributed by atoms with Crippen molar-refractivity contribution in [3.63, 3.8) is 0 Å². The number of rotatable bonds is 2. The van der Waals surface area contributed by atoms with Gasteiger partial charge in [0, 0.05) is 23.6 Å². The summed E-state index contributed by atoms with van der Waals surface area (Å²) in [4.78, 5) is 23.0. The van der Waals surface area contributed by atoms with Crippen LogP contribution in [0, 0.1) is 11.3 Å². The third-order valence-corrected chi connectivity index (χ3v) is 3.45. The number of halogens is 1. The average Bonchev–Trinajstić information content (AvgIpc) is 2.39. The number of nitrogens with two attached hydrogens (primary N) is 1. The van der Waals surface area contributed by atoms with Crippen molar-refractivity contribution in [3.05, 3.63) is 33.8 Å². The topological polar surface area (TPSA) is 96.0 Å². The number of benzene rings is 1. The van der Waals surface area contributed by atoms with Gasteiger partial charge in [-0.1, -0.05) is 11.6 Å². The van der Waals surface area contributed by atoms with E-state index in [9.17, 15) is 14.9 Å². The predicted molar refractivity (Wildman–Crippen MR) is 69.2 cm³/mol. The second-order valence-electron chi connectivity index (χ2n) is 4.36. The molecule has 1 aliphatic rings. The Morgan fingerprint density at radius 3 is 2.79 bits per heavy atom. The molecule has 1 fully saturated rings. The highest BCUT2D eigenvalue weighted by Crippen LogP contribution is 2.34. The van der Waals surface area contributed by atoms with Gasteiger partial charge in [0.1, 0.15) is 0 Å². The summed E-state index contributed by atoms with van der Waals surface area (Å²) in [5.41, 5.74) is 7.07. The fraction of sp³-hybridized carbons (Fsp3) is 0.308. The lowest BCUT2D eigenvalue weighted by atomic mass is 9.87. The molecule has 2 rings (SSSR count). The van der Waals surface area contributed by atoms with Crippen molar-refractivity contribution in [2.75, 3.05) is 0 Å². The van der Waals surface area contributed by atoms with Gasteiger partial charge in [-0.2, -0.15) is 5.26 Å². The van der Waals surface area contributed by atoms with Crippen LogP contribution in [-0.4, -0.2) is 11.8 Å². The van der Waals surface area contributed by atoms with Crippen molar-refractivity contribution in [1.29, 1.82) is 5.26 Å². The van der Waals surface area contributed by atoms with E-state index in [1.807, 2.05) is 6.07 Å². The molecule has 98 valence electrons. The first-order valence-corrected chi connectivity index (χ1v) is 6.20. The maximum absolute atomic E-state index is 11.9. The smallest absolute Gasteiger partial charge is 0.234 e. The van der Waals surface area contributed by atoms with Crippen molar-refractivity contribution in [2.45, 2.75) is 25.3 Å². The van der Waals surface area contributed by atoms with Gasteiger partial charge in [-0.15, -0.1) is 0 Å². The highest BCUT2D eigenvalue weighted by molar-refractivity contribution is 6.32. The Morgan fingerprint density at radius 1 is 1.47 bits per heavy atom. The Morgan fingerprint density at radius 2 is 2.21 bits per heavy atom. The fourth-order valence-electron chi connectivity index (χ4n) is 2.21. The molecule has 1 heterocycles. The first-order chi connectivity index (χ1) is 9.06. The number of nitrogens with zero attached hydrogens (tertiary/aromatic N) is 1. The summed E-state index contributed by atoms with van der Waals surface area (Å²) in [6.45, 7) is 0.268. The summed E-state index contributed by atoms with van der Waals surface area (Å²) in [5, 5.41) is 11.8. The molecule has 0 bridgehead atoms. The van der Waals surface area contributed by atoms with Crippen LogP contribution in [0.1, 0.15) is 35.4 Å². The number of carbonyl (C=O) groups is 2. The lowest BCUT2D eigenvalue weighted by Crippen LogP contribution is -2.39. The average molecular weight is 278 g/mol. The summed E-state index contributed by atoms with van der Waals surface area (Å²) in [7, 11) is 0. The number of nitrogens with one attached hydrogen (secondary N) is 1. The molecule has 1 atom stereocenters. The van der Waals surface area contributed by atoms with E-state index in [0.717, 1.165) is 5.56 Å². The number of imide groups is 1. The zero-order valence-electron chi connectivity index (χ0n) is 10.1. The molecule has 3 N–H and O–H groups in total. The van der Waals surface area contributed by atoms with Crippen LogP contribution < -0.4 is 11.1 Å². The van der Waals surface area contributed by atoms with Crippen LogP contribution in [0.2, 0.25) is 5.02 Å². The SMILES string of the molecule is N#Cc1cc(CN)cc(Cl)c1C1CCC(=O)NC1=O. The van der Waals surface area contributed by atoms with Crippen LogP contribution in [0.4, 0.5) is 0 Å². The van der Waals surface area contributed by atoms with Crippen molar-refractivity contribution >= 4 is 23.4 Å². The zero-order chi connectivity index (χ0) is 14.0. The molecule has 1 saturated heterocycles. The number of amides is 2. The van der Waals surface area contributed by atoms with Crippen molar-refractivity contribution in [1.82, 2.24) is 5.32 Å². The van der Waals surface area contributed by atoms with E-state index >= 15 is 0 Å². The van der Waals surface area contributed by atoms with Gasteiger partial charge in [0.2, 0.25) is 11.8 Å². The summed E-state index contributed by atoms with van der Waals surface area (Å²) in [5.74, 6) is -1.27. The van der Waals surface area contributed by atoms with Crippen LogP contribution >= 0.6 is 11.6 Å². The minimum absolute atomic E-state index is 0.246. The molecule has 19 heavy (non-hydrogen) atoms. The molecule has 0 aromatic heterocycles. The van der Waals surface area contributed by atoms with Crippen LogP contribution in [0.15, 0.2) is 12.1 Å². The molecule has 1 aliphatic heterocycles. The van der Waals surface area contributed by atoms with Crippen LogP contribution in [-0.2, 0) is 16.1 Å². The zero-order valence-corrected chi connectivity index (χ0v) is 10.8. The second kappa shape index (κ2) is 5.39. The highest BCUT2D eigenvalue weighted by atomic mass is 35.5. The molecular weight excluding hydrogens is 266 g/mol. The van der Waals surface area contributed by atoms with Gasteiger partial charge >= 0.3 is 0 Å². The first kappa shape index (κ1) is 13.5. The molecule has 1 aromatic carbocycles. The van der Waals surface area contributed by atoms with Gasteiger partial charge in [-0.25, -0.2) is 0 Å². The molecule has 0 spiro atoms. The van der Waals surface area contributed by atoms with Crippen LogP contribution in [0.3, 0.4) is 0 Å². The summed E-state index contributed by atoms with van der Waals surface area (Å²) >= 11 is 6.16. The maximum Gasteiger partial charge on any atom is 0.234 e. The summed E-state index contributed by atoms with van der Waals surface area (Å²) < 4.78 is 0. The predicted octanol–water partition coefficient (Wildman–Crippen LogP) is 1.19. The molecule has 5 nitrogen and oxygen atoms in total. The molecule has 6 heteroatoms. The third-order valence-electron chi connectivity index (χ3n) is 3.13. The maximum atomic E-state index is 11.9. The molecule has 2 amide bonds. The highest BCUT2D eigenvalue weighted by Gasteiger charge is 2.31. The van der Waals surface area contributed by atoms with Crippen molar-refractivity contribution in [2.24, 2.45) is 5.73 Å². The van der Waals surface area contributed by atoms with Gasteiger partial charge < -0.3 is 5.73 Å². The van der Waals surface area contributed by atoms with E-state index < -0.39 is 11.8 Å². The standard InChI is InChI=1S/C13H12ClN3O2/c14-10-4-7(5-15)3-8(6-16)12(10)9-1-2-11(18)17-13(9)19/h3-4,9H,1-2,5,15H2,(H,17,18,19). The number of nitriles is 1.